The summed E-state index contributed by atoms with van der Waals surface area (Å²) in [7, 11) is -2.47. The summed E-state index contributed by atoms with van der Waals surface area (Å²) in [5.74, 6) is -2.38. The molecule has 0 aliphatic carbocycles. The van der Waals surface area contributed by atoms with E-state index < -0.39 is 33.1 Å². The number of hydrogen-bond donors (Lipinski definition) is 1. The lowest BCUT2D eigenvalue weighted by atomic mass is 10.2. The van der Waals surface area contributed by atoms with E-state index in [9.17, 15) is 22.0 Å². The van der Waals surface area contributed by atoms with Crippen molar-refractivity contribution in [3.05, 3.63) is 53.6 Å². The van der Waals surface area contributed by atoms with Crippen molar-refractivity contribution < 1.29 is 26.7 Å². The van der Waals surface area contributed by atoms with Crippen molar-refractivity contribution in [3.63, 3.8) is 0 Å². The third-order valence-electron chi connectivity index (χ3n) is 4.53. The van der Waals surface area contributed by atoms with Gasteiger partial charge in [0.2, 0.25) is 10.0 Å². The summed E-state index contributed by atoms with van der Waals surface area (Å²) in [6, 6.07) is 6.64. The second kappa shape index (κ2) is 8.24. The maximum Gasteiger partial charge on any atom is 0.258 e. The lowest BCUT2D eigenvalue weighted by molar-refractivity contribution is 0.102. The summed E-state index contributed by atoms with van der Waals surface area (Å²) in [5, 5.41) is 2.41. The van der Waals surface area contributed by atoms with Crippen LogP contribution in [0.15, 0.2) is 41.3 Å². The third-order valence-corrected chi connectivity index (χ3v) is 6.45. The van der Waals surface area contributed by atoms with Crippen LogP contribution in [0.25, 0.3) is 0 Å². The van der Waals surface area contributed by atoms with Crippen LogP contribution in [0.3, 0.4) is 0 Å². The maximum atomic E-state index is 13.8. The number of ether oxygens (including phenoxy) is 1. The van der Waals surface area contributed by atoms with Gasteiger partial charge in [-0.05, 0) is 49.2 Å². The number of anilines is 1. The predicted octanol–water partition coefficient (Wildman–Crippen LogP) is 3.40. The average Bonchev–Trinajstić information content (AvgIpc) is 2.70. The molecule has 28 heavy (non-hydrogen) atoms. The molecule has 2 aromatic rings. The number of benzene rings is 2. The number of methoxy groups -OCH3 is 1. The van der Waals surface area contributed by atoms with Crippen molar-refractivity contribution >= 4 is 21.6 Å². The van der Waals surface area contributed by atoms with Gasteiger partial charge in [0.25, 0.3) is 5.91 Å². The van der Waals surface area contributed by atoms with E-state index >= 15 is 0 Å². The zero-order valence-electron chi connectivity index (χ0n) is 15.2. The molecule has 1 aliphatic rings. The van der Waals surface area contributed by atoms with E-state index in [2.05, 4.69) is 5.32 Å². The highest BCUT2D eigenvalue weighted by molar-refractivity contribution is 7.89. The van der Waals surface area contributed by atoms with Crippen LogP contribution in [-0.2, 0) is 10.0 Å². The Morgan fingerprint density at radius 2 is 1.79 bits per heavy atom. The molecule has 0 bridgehead atoms. The first-order valence-corrected chi connectivity index (χ1v) is 10.2. The van der Waals surface area contributed by atoms with Crippen molar-refractivity contribution in [2.75, 3.05) is 25.5 Å². The Kier molecular flexibility index (Phi) is 5.95. The van der Waals surface area contributed by atoms with E-state index in [0.29, 0.717) is 13.1 Å². The van der Waals surface area contributed by atoms with E-state index in [4.69, 9.17) is 4.74 Å². The number of nitrogens with zero attached hydrogens (tertiary/aromatic N) is 1. The fourth-order valence-corrected chi connectivity index (χ4v) is 4.77. The third kappa shape index (κ3) is 4.15. The van der Waals surface area contributed by atoms with Crippen LogP contribution in [0.2, 0.25) is 0 Å². The van der Waals surface area contributed by atoms with Crippen LogP contribution in [0.4, 0.5) is 14.5 Å². The Bertz CT molecular complexity index is 989. The van der Waals surface area contributed by atoms with Crippen molar-refractivity contribution in [1.82, 2.24) is 4.31 Å². The normalized spacial score (nSPS) is 15.2. The summed E-state index contributed by atoms with van der Waals surface area (Å²) in [4.78, 5) is 12.2. The number of amides is 1. The molecular formula is C19H20F2N2O4S. The highest BCUT2D eigenvalue weighted by Gasteiger charge is 2.29. The number of halogens is 2. The minimum atomic E-state index is -3.82. The lowest BCUT2D eigenvalue weighted by Gasteiger charge is -2.26. The van der Waals surface area contributed by atoms with Gasteiger partial charge in [-0.25, -0.2) is 17.2 Å². The maximum absolute atomic E-state index is 13.8. The molecule has 9 heteroatoms. The molecule has 0 radical (unpaired) electrons. The number of piperidine rings is 1. The standard InChI is InChI=1S/C19H20F2N2O4S/c1-27-17-8-6-14(22-19(24)15-11-13(20)5-7-16(15)21)12-18(17)28(25,26)23-9-3-2-4-10-23/h5-8,11-12H,2-4,9-10H2,1H3,(H,22,24). The van der Waals surface area contributed by atoms with Crippen molar-refractivity contribution in [2.45, 2.75) is 24.2 Å². The molecule has 150 valence electrons. The van der Waals surface area contributed by atoms with Gasteiger partial charge < -0.3 is 10.1 Å². The van der Waals surface area contributed by atoms with Gasteiger partial charge in [0, 0.05) is 18.8 Å². The molecule has 0 saturated carbocycles. The number of sulfonamides is 1. The van der Waals surface area contributed by atoms with Crippen LogP contribution >= 0.6 is 0 Å². The molecule has 0 spiro atoms. The minimum absolute atomic E-state index is 0.0885. The summed E-state index contributed by atoms with van der Waals surface area (Å²) < 4.78 is 59.7. The fourth-order valence-electron chi connectivity index (χ4n) is 3.07. The first kappa shape index (κ1) is 20.2. The largest absolute Gasteiger partial charge is 0.495 e. The van der Waals surface area contributed by atoms with Gasteiger partial charge >= 0.3 is 0 Å². The summed E-state index contributed by atoms with van der Waals surface area (Å²) in [6.07, 6.45) is 2.52. The minimum Gasteiger partial charge on any atom is -0.495 e. The van der Waals surface area contributed by atoms with E-state index in [1.807, 2.05) is 0 Å². The van der Waals surface area contributed by atoms with Crippen molar-refractivity contribution in [1.29, 1.82) is 0 Å². The van der Waals surface area contributed by atoms with Crippen LogP contribution in [0.5, 0.6) is 5.75 Å². The Hall–Kier alpha value is -2.52. The van der Waals surface area contributed by atoms with Crippen LogP contribution < -0.4 is 10.1 Å². The van der Waals surface area contributed by atoms with Gasteiger partial charge in [-0.3, -0.25) is 4.79 Å². The lowest BCUT2D eigenvalue weighted by Crippen LogP contribution is -2.35. The Labute approximate surface area is 162 Å². The van der Waals surface area contributed by atoms with Gasteiger partial charge in [-0.1, -0.05) is 6.42 Å². The van der Waals surface area contributed by atoms with Gasteiger partial charge in [0.15, 0.2) is 0 Å². The van der Waals surface area contributed by atoms with Gasteiger partial charge in [-0.15, -0.1) is 0 Å². The van der Waals surface area contributed by atoms with Crippen LogP contribution in [0.1, 0.15) is 29.6 Å². The average molecular weight is 410 g/mol. The molecule has 0 unspecified atom stereocenters. The van der Waals surface area contributed by atoms with E-state index in [1.165, 1.54) is 29.6 Å². The SMILES string of the molecule is COc1ccc(NC(=O)c2cc(F)ccc2F)cc1S(=O)(=O)N1CCCCC1. The topological polar surface area (TPSA) is 75.7 Å². The second-order valence-corrected chi connectivity index (χ2v) is 8.32. The summed E-state index contributed by atoms with van der Waals surface area (Å²) in [6.45, 7) is 0.827. The molecule has 1 aliphatic heterocycles. The molecule has 1 saturated heterocycles. The van der Waals surface area contributed by atoms with Crippen LogP contribution in [0, 0.1) is 11.6 Å². The zero-order chi connectivity index (χ0) is 20.3. The second-order valence-electron chi connectivity index (χ2n) is 6.41. The highest BCUT2D eigenvalue weighted by atomic mass is 32.2. The number of carbonyl (C=O) groups excluding carboxylic acids is 1. The monoisotopic (exact) mass is 410 g/mol. The molecule has 1 N–H and O–H groups in total. The predicted molar refractivity (Wildman–Crippen MR) is 99.9 cm³/mol. The zero-order valence-corrected chi connectivity index (χ0v) is 16.1. The number of rotatable bonds is 5. The molecule has 0 atom stereocenters. The van der Waals surface area contributed by atoms with E-state index in [0.717, 1.165) is 37.5 Å². The van der Waals surface area contributed by atoms with E-state index in [1.54, 1.807) is 0 Å². The molecule has 6 nitrogen and oxygen atoms in total. The quantitative estimate of drug-likeness (QED) is 0.820. The molecule has 1 amide bonds. The molecular weight excluding hydrogens is 390 g/mol. The van der Waals surface area contributed by atoms with Gasteiger partial charge in [0.05, 0.1) is 12.7 Å². The number of nitrogens with one attached hydrogen (secondary N) is 1. The molecule has 2 aromatic carbocycles. The first-order chi connectivity index (χ1) is 13.3. The van der Waals surface area contributed by atoms with Gasteiger partial charge in [-0.2, -0.15) is 4.31 Å². The number of hydrogen-bond acceptors (Lipinski definition) is 4. The van der Waals surface area contributed by atoms with Crippen molar-refractivity contribution in [2.24, 2.45) is 0 Å². The summed E-state index contributed by atoms with van der Waals surface area (Å²) >= 11 is 0. The number of carbonyl (C=O) groups is 1. The molecule has 3 rings (SSSR count). The Morgan fingerprint density at radius 1 is 1.07 bits per heavy atom. The first-order valence-electron chi connectivity index (χ1n) is 8.77. The molecule has 0 aromatic heterocycles. The molecule has 1 fully saturated rings. The molecule has 1 heterocycles. The fraction of sp³-hybridized carbons (Fsp3) is 0.316. The van der Waals surface area contributed by atoms with Crippen LogP contribution in [-0.4, -0.2) is 38.8 Å². The highest BCUT2D eigenvalue weighted by Crippen LogP contribution is 2.31. The van der Waals surface area contributed by atoms with Gasteiger partial charge in [0.1, 0.15) is 22.3 Å². The Balaban J connectivity index is 1.92. The Morgan fingerprint density at radius 3 is 2.46 bits per heavy atom. The summed E-state index contributed by atoms with van der Waals surface area (Å²) in [5.41, 5.74) is -0.346. The van der Waals surface area contributed by atoms with E-state index in [-0.39, 0.29) is 16.3 Å². The van der Waals surface area contributed by atoms with Crippen molar-refractivity contribution in [3.8, 4) is 5.75 Å². The smallest absolute Gasteiger partial charge is 0.258 e.